The van der Waals surface area contributed by atoms with E-state index in [0.29, 0.717) is 5.75 Å². The molecule has 0 saturated heterocycles. The summed E-state index contributed by atoms with van der Waals surface area (Å²) in [6.07, 6.45) is 2.88. The number of rotatable bonds is 3. The van der Waals surface area contributed by atoms with Gasteiger partial charge in [0, 0.05) is 16.6 Å². The van der Waals surface area contributed by atoms with Crippen molar-refractivity contribution in [2.75, 3.05) is 6.61 Å². The summed E-state index contributed by atoms with van der Waals surface area (Å²) in [6.45, 7) is 0.216. The van der Waals surface area contributed by atoms with Crippen LogP contribution < -0.4 is 0 Å². The van der Waals surface area contributed by atoms with Crippen LogP contribution in [0.4, 0.5) is 0 Å². The lowest BCUT2D eigenvalue weighted by atomic mass is 9.97. The Kier molecular flexibility index (Phi) is 2.54. The van der Waals surface area contributed by atoms with Crippen LogP contribution in [-0.2, 0) is 6.42 Å². The molecule has 0 radical (unpaired) electrons. The van der Waals surface area contributed by atoms with Crippen molar-refractivity contribution in [3.63, 3.8) is 0 Å². The summed E-state index contributed by atoms with van der Waals surface area (Å²) < 4.78 is 0.928. The summed E-state index contributed by atoms with van der Waals surface area (Å²) in [5.41, 5.74) is 0.959. The molecular weight excluding hydrogens is 244 g/mol. The zero-order chi connectivity index (χ0) is 10.2. The Labute approximate surface area is 91.7 Å². The molecule has 0 spiro atoms. The number of aliphatic hydroxyl groups excluding tert-OH is 1. The van der Waals surface area contributed by atoms with Crippen LogP contribution in [0.5, 0.6) is 5.75 Å². The fraction of sp³-hybridized carbons (Fsp3) is 0.455. The van der Waals surface area contributed by atoms with Crippen molar-refractivity contribution >= 4 is 15.9 Å². The summed E-state index contributed by atoms with van der Waals surface area (Å²) in [4.78, 5) is 0. The quantitative estimate of drug-likeness (QED) is 0.873. The van der Waals surface area contributed by atoms with Crippen LogP contribution in [0, 0.1) is 5.41 Å². The Morgan fingerprint density at radius 1 is 1.36 bits per heavy atom. The van der Waals surface area contributed by atoms with Crippen LogP contribution >= 0.6 is 15.9 Å². The van der Waals surface area contributed by atoms with E-state index >= 15 is 0 Å². The fourth-order valence-electron chi connectivity index (χ4n) is 1.66. The van der Waals surface area contributed by atoms with E-state index in [9.17, 15) is 10.2 Å². The Hall–Kier alpha value is -0.540. The molecular formula is C11H13BrO2. The normalized spacial score (nSPS) is 18.1. The number of benzene rings is 1. The molecule has 1 aliphatic rings. The summed E-state index contributed by atoms with van der Waals surface area (Å²) in [5, 5.41) is 18.9. The molecule has 1 aromatic rings. The van der Waals surface area contributed by atoms with E-state index in [-0.39, 0.29) is 12.0 Å². The molecule has 2 N–H and O–H groups in total. The largest absolute Gasteiger partial charge is 0.508 e. The van der Waals surface area contributed by atoms with Crippen molar-refractivity contribution in [2.24, 2.45) is 5.41 Å². The molecule has 1 fully saturated rings. The molecule has 0 aliphatic heterocycles. The summed E-state index contributed by atoms with van der Waals surface area (Å²) in [6, 6.07) is 5.41. The van der Waals surface area contributed by atoms with Gasteiger partial charge < -0.3 is 10.2 Å². The molecule has 2 nitrogen and oxygen atoms in total. The van der Waals surface area contributed by atoms with Gasteiger partial charge in [-0.1, -0.05) is 22.0 Å². The predicted molar refractivity (Wildman–Crippen MR) is 58.3 cm³/mol. The number of hydrogen-bond acceptors (Lipinski definition) is 2. The third kappa shape index (κ3) is 1.79. The first kappa shape index (κ1) is 9.99. The molecule has 0 unspecified atom stereocenters. The highest BCUT2D eigenvalue weighted by molar-refractivity contribution is 9.10. The third-order valence-corrected chi connectivity index (χ3v) is 3.68. The molecule has 1 aromatic carbocycles. The summed E-state index contributed by atoms with van der Waals surface area (Å²) in [7, 11) is 0. The van der Waals surface area contributed by atoms with Gasteiger partial charge in [-0.2, -0.15) is 0 Å². The van der Waals surface area contributed by atoms with Crippen molar-refractivity contribution in [3.8, 4) is 5.75 Å². The summed E-state index contributed by atoms with van der Waals surface area (Å²) in [5.74, 6) is 0.319. The molecule has 3 heteroatoms. The lowest BCUT2D eigenvalue weighted by molar-refractivity contribution is 0.210. The van der Waals surface area contributed by atoms with Crippen molar-refractivity contribution in [2.45, 2.75) is 19.3 Å². The molecule has 1 aliphatic carbocycles. The Balaban J connectivity index is 2.24. The number of aliphatic hydroxyl groups is 1. The average molecular weight is 257 g/mol. The van der Waals surface area contributed by atoms with Crippen molar-refractivity contribution in [3.05, 3.63) is 28.2 Å². The second kappa shape index (κ2) is 3.55. The molecule has 1 saturated carbocycles. The van der Waals surface area contributed by atoms with Gasteiger partial charge in [-0.05, 0) is 36.8 Å². The highest BCUT2D eigenvalue weighted by atomic mass is 79.9. The first-order valence-corrected chi connectivity index (χ1v) is 5.53. The Bertz CT molecular complexity index is 325. The summed E-state index contributed by atoms with van der Waals surface area (Å²) >= 11 is 3.42. The maximum absolute atomic E-state index is 9.67. The minimum Gasteiger partial charge on any atom is -0.508 e. The molecule has 0 amide bonds. The van der Waals surface area contributed by atoms with Gasteiger partial charge in [-0.15, -0.1) is 0 Å². The van der Waals surface area contributed by atoms with Crippen LogP contribution in [0.2, 0.25) is 0 Å². The molecule has 14 heavy (non-hydrogen) atoms. The van der Waals surface area contributed by atoms with Crippen LogP contribution in [0.3, 0.4) is 0 Å². The van der Waals surface area contributed by atoms with Gasteiger partial charge in [0.25, 0.3) is 0 Å². The highest BCUT2D eigenvalue weighted by Crippen LogP contribution is 2.49. The lowest BCUT2D eigenvalue weighted by Crippen LogP contribution is -2.10. The van der Waals surface area contributed by atoms with Gasteiger partial charge in [-0.25, -0.2) is 0 Å². The van der Waals surface area contributed by atoms with Gasteiger partial charge in [0.2, 0.25) is 0 Å². The second-order valence-electron chi connectivity index (χ2n) is 4.07. The number of aromatic hydroxyl groups is 1. The van der Waals surface area contributed by atoms with Crippen LogP contribution in [-0.4, -0.2) is 16.8 Å². The zero-order valence-corrected chi connectivity index (χ0v) is 9.42. The first-order chi connectivity index (χ1) is 6.67. The number of halogens is 1. The Morgan fingerprint density at radius 3 is 2.57 bits per heavy atom. The SMILES string of the molecule is OCC1(Cc2c(O)cccc2Br)CC1. The van der Waals surface area contributed by atoms with E-state index in [2.05, 4.69) is 15.9 Å². The maximum atomic E-state index is 9.67. The van der Waals surface area contributed by atoms with Gasteiger partial charge in [0.1, 0.15) is 5.75 Å². The zero-order valence-electron chi connectivity index (χ0n) is 7.83. The van der Waals surface area contributed by atoms with Crippen LogP contribution in [0.25, 0.3) is 0 Å². The van der Waals surface area contributed by atoms with Gasteiger partial charge in [-0.3, -0.25) is 0 Å². The molecule has 0 bridgehead atoms. The highest BCUT2D eigenvalue weighted by Gasteiger charge is 2.42. The van der Waals surface area contributed by atoms with E-state index in [1.165, 1.54) is 0 Å². The average Bonchev–Trinajstić information content (AvgIpc) is 2.93. The number of phenolic OH excluding ortho intramolecular Hbond substituents is 1. The van der Waals surface area contributed by atoms with Gasteiger partial charge in [0.15, 0.2) is 0 Å². The van der Waals surface area contributed by atoms with Crippen molar-refractivity contribution < 1.29 is 10.2 Å². The molecule has 76 valence electrons. The number of hydrogen-bond donors (Lipinski definition) is 2. The molecule has 0 atom stereocenters. The molecule has 0 aromatic heterocycles. The lowest BCUT2D eigenvalue weighted by Gasteiger charge is -2.13. The number of phenols is 1. The minimum atomic E-state index is 0.0430. The van der Waals surface area contributed by atoms with Crippen molar-refractivity contribution in [1.29, 1.82) is 0 Å². The fourth-order valence-corrected chi connectivity index (χ4v) is 2.16. The van der Waals surface area contributed by atoms with E-state index in [4.69, 9.17) is 0 Å². The molecule has 2 rings (SSSR count). The second-order valence-corrected chi connectivity index (χ2v) is 4.93. The third-order valence-electron chi connectivity index (χ3n) is 2.94. The topological polar surface area (TPSA) is 40.5 Å². The smallest absolute Gasteiger partial charge is 0.119 e. The van der Waals surface area contributed by atoms with Gasteiger partial charge in [0.05, 0.1) is 0 Å². The van der Waals surface area contributed by atoms with E-state index in [1.807, 2.05) is 6.07 Å². The monoisotopic (exact) mass is 256 g/mol. The predicted octanol–water partition coefficient (Wildman–Crippen LogP) is 2.47. The van der Waals surface area contributed by atoms with E-state index in [0.717, 1.165) is 29.3 Å². The van der Waals surface area contributed by atoms with Crippen LogP contribution in [0.15, 0.2) is 22.7 Å². The van der Waals surface area contributed by atoms with Gasteiger partial charge >= 0.3 is 0 Å². The standard InChI is InChI=1S/C11H13BrO2/c12-9-2-1-3-10(14)8(9)6-11(7-13)4-5-11/h1-3,13-14H,4-7H2. The minimum absolute atomic E-state index is 0.0430. The van der Waals surface area contributed by atoms with E-state index < -0.39 is 0 Å². The Morgan fingerprint density at radius 2 is 2.07 bits per heavy atom. The maximum Gasteiger partial charge on any atom is 0.119 e. The van der Waals surface area contributed by atoms with E-state index in [1.54, 1.807) is 12.1 Å². The molecule has 0 heterocycles. The first-order valence-electron chi connectivity index (χ1n) is 4.74. The van der Waals surface area contributed by atoms with Crippen LogP contribution in [0.1, 0.15) is 18.4 Å². The van der Waals surface area contributed by atoms with Crippen molar-refractivity contribution in [1.82, 2.24) is 0 Å².